The van der Waals surface area contributed by atoms with Crippen molar-refractivity contribution < 1.29 is 9.84 Å². The van der Waals surface area contributed by atoms with E-state index in [0.717, 1.165) is 17.7 Å². The van der Waals surface area contributed by atoms with E-state index >= 15 is 0 Å². The van der Waals surface area contributed by atoms with Crippen molar-refractivity contribution in [3.8, 4) is 5.88 Å². The van der Waals surface area contributed by atoms with Gasteiger partial charge in [0.25, 0.3) is 0 Å². The van der Waals surface area contributed by atoms with Gasteiger partial charge < -0.3 is 9.84 Å². The van der Waals surface area contributed by atoms with Gasteiger partial charge in [-0.05, 0) is 37.8 Å². The SMILES string of the molecule is Cc1cc(CO)cc(OC(C)CC(C)C)n1. The maximum Gasteiger partial charge on any atom is 0.214 e. The van der Waals surface area contributed by atoms with Crippen LogP contribution in [-0.4, -0.2) is 16.2 Å². The molecule has 0 bridgehead atoms. The van der Waals surface area contributed by atoms with E-state index in [1.54, 1.807) is 6.07 Å². The summed E-state index contributed by atoms with van der Waals surface area (Å²) in [5.41, 5.74) is 1.72. The molecule has 16 heavy (non-hydrogen) atoms. The van der Waals surface area contributed by atoms with Crippen molar-refractivity contribution in [2.75, 3.05) is 0 Å². The number of aliphatic hydroxyl groups excluding tert-OH is 1. The van der Waals surface area contributed by atoms with Gasteiger partial charge in [-0.25, -0.2) is 4.98 Å². The lowest BCUT2D eigenvalue weighted by molar-refractivity contribution is 0.184. The first-order chi connectivity index (χ1) is 7.51. The first-order valence-electron chi connectivity index (χ1n) is 5.76. The molecule has 0 radical (unpaired) electrons. The van der Waals surface area contributed by atoms with E-state index < -0.39 is 0 Å². The summed E-state index contributed by atoms with van der Waals surface area (Å²) in [5, 5.41) is 9.08. The van der Waals surface area contributed by atoms with Gasteiger partial charge in [0.05, 0.1) is 12.7 Å². The van der Waals surface area contributed by atoms with Crippen molar-refractivity contribution in [1.82, 2.24) is 4.98 Å². The van der Waals surface area contributed by atoms with Crippen molar-refractivity contribution in [1.29, 1.82) is 0 Å². The van der Waals surface area contributed by atoms with E-state index in [1.807, 2.05) is 19.9 Å². The molecule has 1 aromatic heterocycles. The molecule has 0 spiro atoms. The van der Waals surface area contributed by atoms with Gasteiger partial charge in [0.2, 0.25) is 5.88 Å². The Labute approximate surface area is 97.5 Å². The van der Waals surface area contributed by atoms with Crippen LogP contribution in [0.3, 0.4) is 0 Å². The first-order valence-corrected chi connectivity index (χ1v) is 5.76. The number of pyridine rings is 1. The molecule has 0 saturated carbocycles. The van der Waals surface area contributed by atoms with Crippen molar-refractivity contribution in [3.05, 3.63) is 23.4 Å². The predicted octanol–water partition coefficient (Wildman–Crippen LogP) is 2.70. The number of nitrogens with zero attached hydrogens (tertiary/aromatic N) is 1. The molecule has 1 N–H and O–H groups in total. The minimum atomic E-state index is 0.0261. The molecule has 1 heterocycles. The van der Waals surface area contributed by atoms with Crippen molar-refractivity contribution >= 4 is 0 Å². The van der Waals surface area contributed by atoms with Crippen LogP contribution in [0.4, 0.5) is 0 Å². The Morgan fingerprint density at radius 1 is 1.31 bits per heavy atom. The fraction of sp³-hybridized carbons (Fsp3) is 0.615. The number of hydrogen-bond acceptors (Lipinski definition) is 3. The maximum atomic E-state index is 9.08. The fourth-order valence-corrected chi connectivity index (χ4v) is 1.78. The summed E-state index contributed by atoms with van der Waals surface area (Å²) in [5.74, 6) is 1.22. The molecule has 0 fully saturated rings. The quantitative estimate of drug-likeness (QED) is 0.834. The van der Waals surface area contributed by atoms with Crippen LogP contribution in [-0.2, 0) is 6.61 Å². The lowest BCUT2D eigenvalue weighted by atomic mass is 10.1. The molecule has 0 aliphatic rings. The van der Waals surface area contributed by atoms with Crippen LogP contribution < -0.4 is 4.74 Å². The van der Waals surface area contributed by atoms with Crippen LogP contribution >= 0.6 is 0 Å². The number of aryl methyl sites for hydroxylation is 1. The maximum absolute atomic E-state index is 9.08. The molecule has 0 aliphatic heterocycles. The zero-order valence-electron chi connectivity index (χ0n) is 10.5. The summed E-state index contributed by atoms with van der Waals surface area (Å²) in [6, 6.07) is 3.66. The van der Waals surface area contributed by atoms with Crippen LogP contribution in [0, 0.1) is 12.8 Å². The third-order valence-electron chi connectivity index (χ3n) is 2.30. The highest BCUT2D eigenvalue weighted by Crippen LogP contribution is 2.16. The van der Waals surface area contributed by atoms with E-state index in [1.165, 1.54) is 0 Å². The zero-order chi connectivity index (χ0) is 12.1. The number of aliphatic hydroxyl groups is 1. The van der Waals surface area contributed by atoms with E-state index in [2.05, 4.69) is 18.8 Å². The molecule has 3 heteroatoms. The molecule has 1 atom stereocenters. The number of hydrogen-bond donors (Lipinski definition) is 1. The van der Waals surface area contributed by atoms with Crippen LogP contribution in [0.25, 0.3) is 0 Å². The average Bonchev–Trinajstić information content (AvgIpc) is 2.14. The van der Waals surface area contributed by atoms with Crippen LogP contribution in [0.1, 0.15) is 38.4 Å². The minimum Gasteiger partial charge on any atom is -0.475 e. The fourth-order valence-electron chi connectivity index (χ4n) is 1.78. The molecule has 3 nitrogen and oxygen atoms in total. The highest BCUT2D eigenvalue weighted by Gasteiger charge is 2.08. The summed E-state index contributed by atoms with van der Waals surface area (Å²) < 4.78 is 5.73. The molecular weight excluding hydrogens is 202 g/mol. The van der Waals surface area contributed by atoms with Gasteiger partial charge in [-0.3, -0.25) is 0 Å². The van der Waals surface area contributed by atoms with E-state index in [0.29, 0.717) is 11.8 Å². The number of rotatable bonds is 5. The molecule has 0 aromatic carbocycles. The van der Waals surface area contributed by atoms with Crippen LogP contribution in [0.5, 0.6) is 5.88 Å². The molecule has 0 amide bonds. The normalized spacial score (nSPS) is 12.9. The largest absolute Gasteiger partial charge is 0.475 e. The van der Waals surface area contributed by atoms with Gasteiger partial charge >= 0.3 is 0 Å². The number of ether oxygens (including phenoxy) is 1. The third-order valence-corrected chi connectivity index (χ3v) is 2.30. The Hall–Kier alpha value is -1.09. The lowest BCUT2D eigenvalue weighted by Crippen LogP contribution is -2.15. The van der Waals surface area contributed by atoms with Crippen molar-refractivity contribution in [2.24, 2.45) is 5.92 Å². The minimum absolute atomic E-state index is 0.0261. The molecule has 90 valence electrons. The Morgan fingerprint density at radius 2 is 2.00 bits per heavy atom. The van der Waals surface area contributed by atoms with Gasteiger partial charge in [0.1, 0.15) is 0 Å². The Bertz CT molecular complexity index is 337. The number of aromatic nitrogens is 1. The second-order valence-corrected chi connectivity index (χ2v) is 4.67. The zero-order valence-corrected chi connectivity index (χ0v) is 10.5. The second-order valence-electron chi connectivity index (χ2n) is 4.67. The molecule has 1 aromatic rings. The van der Waals surface area contributed by atoms with E-state index in [-0.39, 0.29) is 12.7 Å². The highest BCUT2D eigenvalue weighted by atomic mass is 16.5. The monoisotopic (exact) mass is 223 g/mol. The standard InChI is InChI=1S/C13H21NO2/c1-9(2)5-11(4)16-13-7-12(8-15)6-10(3)14-13/h6-7,9,11,15H,5,8H2,1-4H3. The topological polar surface area (TPSA) is 42.4 Å². The second kappa shape index (κ2) is 5.85. The summed E-state index contributed by atoms with van der Waals surface area (Å²) in [6.45, 7) is 8.31. The molecule has 0 aliphatic carbocycles. The van der Waals surface area contributed by atoms with E-state index in [9.17, 15) is 0 Å². The molecular formula is C13H21NO2. The van der Waals surface area contributed by atoms with Gasteiger partial charge in [-0.1, -0.05) is 13.8 Å². The molecule has 1 rings (SSSR count). The van der Waals surface area contributed by atoms with Gasteiger partial charge in [-0.15, -0.1) is 0 Å². The van der Waals surface area contributed by atoms with Gasteiger partial charge in [-0.2, -0.15) is 0 Å². The molecule has 0 saturated heterocycles. The van der Waals surface area contributed by atoms with E-state index in [4.69, 9.17) is 9.84 Å². The highest BCUT2D eigenvalue weighted by molar-refractivity contribution is 5.24. The Balaban J connectivity index is 2.69. The summed E-state index contributed by atoms with van der Waals surface area (Å²) >= 11 is 0. The Morgan fingerprint density at radius 3 is 2.56 bits per heavy atom. The average molecular weight is 223 g/mol. The van der Waals surface area contributed by atoms with Crippen molar-refractivity contribution in [3.63, 3.8) is 0 Å². The van der Waals surface area contributed by atoms with Crippen LogP contribution in [0.15, 0.2) is 12.1 Å². The molecule has 1 unspecified atom stereocenters. The summed E-state index contributed by atoms with van der Waals surface area (Å²) in [4.78, 5) is 4.30. The first kappa shape index (κ1) is 13.0. The lowest BCUT2D eigenvalue weighted by Gasteiger charge is -2.16. The summed E-state index contributed by atoms with van der Waals surface area (Å²) in [7, 11) is 0. The Kier molecular flexibility index (Phi) is 4.74. The summed E-state index contributed by atoms with van der Waals surface area (Å²) in [6.07, 6.45) is 1.16. The smallest absolute Gasteiger partial charge is 0.214 e. The van der Waals surface area contributed by atoms with Crippen LogP contribution in [0.2, 0.25) is 0 Å². The third kappa shape index (κ3) is 4.19. The van der Waals surface area contributed by atoms with Gasteiger partial charge in [0, 0.05) is 11.8 Å². The predicted molar refractivity (Wildman–Crippen MR) is 64.4 cm³/mol. The van der Waals surface area contributed by atoms with Gasteiger partial charge in [0.15, 0.2) is 0 Å². The van der Waals surface area contributed by atoms with Crippen molar-refractivity contribution in [2.45, 2.75) is 46.8 Å².